The van der Waals surface area contributed by atoms with Crippen molar-refractivity contribution >= 4 is 29.3 Å². The maximum Gasteiger partial charge on any atom is 0.235 e. The van der Waals surface area contributed by atoms with Crippen LogP contribution in [0.2, 0.25) is 5.02 Å². The molecule has 0 bridgehead atoms. The number of carbonyl (C=O) groups excluding carboxylic acids is 1. The first-order valence-electron chi connectivity index (χ1n) is 9.23. The minimum atomic E-state index is -0.303. The number of amides is 1. The molecule has 0 N–H and O–H groups in total. The number of aromatic nitrogens is 3. The van der Waals surface area contributed by atoms with Crippen molar-refractivity contribution in [2.75, 3.05) is 20.7 Å². The van der Waals surface area contributed by atoms with E-state index in [4.69, 9.17) is 16.3 Å². The molecule has 29 heavy (non-hydrogen) atoms. The molecule has 0 radical (unpaired) electrons. The summed E-state index contributed by atoms with van der Waals surface area (Å²) in [6.07, 6.45) is 0. The first-order chi connectivity index (χ1) is 13.9. The molecular formula is C21H23ClN4O2S. The number of halogens is 1. The Morgan fingerprint density at radius 2 is 1.93 bits per heavy atom. The van der Waals surface area contributed by atoms with Crippen LogP contribution in [0.3, 0.4) is 0 Å². The first-order valence-corrected chi connectivity index (χ1v) is 10.5. The zero-order valence-corrected chi connectivity index (χ0v) is 18.4. The van der Waals surface area contributed by atoms with Crippen molar-refractivity contribution in [1.29, 1.82) is 0 Å². The molecule has 3 rings (SSSR count). The molecule has 152 valence electrons. The van der Waals surface area contributed by atoms with E-state index >= 15 is 0 Å². The molecule has 1 amide bonds. The van der Waals surface area contributed by atoms with Gasteiger partial charge < -0.3 is 9.64 Å². The van der Waals surface area contributed by atoms with Crippen molar-refractivity contribution in [1.82, 2.24) is 19.7 Å². The Morgan fingerprint density at radius 3 is 2.55 bits per heavy atom. The Balaban J connectivity index is 2.06. The third kappa shape index (κ3) is 4.92. The van der Waals surface area contributed by atoms with Crippen molar-refractivity contribution < 1.29 is 9.53 Å². The molecule has 0 aliphatic heterocycles. The van der Waals surface area contributed by atoms with E-state index in [2.05, 4.69) is 10.2 Å². The molecule has 6 nitrogen and oxygen atoms in total. The molecule has 1 heterocycles. The second-order valence-electron chi connectivity index (χ2n) is 6.57. The largest absolute Gasteiger partial charge is 0.494 e. The lowest BCUT2D eigenvalue weighted by Gasteiger charge is -2.17. The van der Waals surface area contributed by atoms with E-state index in [1.165, 1.54) is 11.8 Å². The molecule has 3 aromatic rings. The van der Waals surface area contributed by atoms with Gasteiger partial charge in [0, 0.05) is 30.4 Å². The van der Waals surface area contributed by atoms with Crippen LogP contribution in [0.5, 0.6) is 5.75 Å². The summed E-state index contributed by atoms with van der Waals surface area (Å²) in [7, 11) is 3.49. The summed E-state index contributed by atoms with van der Waals surface area (Å²) in [4.78, 5) is 13.9. The number of nitrogens with zero attached hydrogens (tertiary/aromatic N) is 4. The lowest BCUT2D eigenvalue weighted by Crippen LogP contribution is -2.29. The lowest BCUT2D eigenvalue weighted by atomic mass is 10.2. The van der Waals surface area contributed by atoms with Crippen molar-refractivity contribution in [2.45, 2.75) is 24.3 Å². The van der Waals surface area contributed by atoms with Gasteiger partial charge in [-0.2, -0.15) is 0 Å². The molecule has 0 saturated heterocycles. The molecule has 1 unspecified atom stereocenters. The summed E-state index contributed by atoms with van der Waals surface area (Å²) in [6.45, 7) is 4.41. The summed E-state index contributed by atoms with van der Waals surface area (Å²) in [6, 6.07) is 15.2. The predicted molar refractivity (Wildman–Crippen MR) is 117 cm³/mol. The number of benzene rings is 2. The van der Waals surface area contributed by atoms with Crippen LogP contribution in [0.15, 0.2) is 53.7 Å². The Morgan fingerprint density at radius 1 is 1.21 bits per heavy atom. The summed E-state index contributed by atoms with van der Waals surface area (Å²) in [5.74, 6) is 1.46. The van der Waals surface area contributed by atoms with Gasteiger partial charge in [-0.25, -0.2) is 0 Å². The number of ether oxygens (including phenoxy) is 1. The van der Waals surface area contributed by atoms with Gasteiger partial charge in [0.15, 0.2) is 11.0 Å². The zero-order valence-electron chi connectivity index (χ0n) is 16.8. The van der Waals surface area contributed by atoms with E-state index in [0.717, 1.165) is 17.0 Å². The molecule has 0 aliphatic carbocycles. The van der Waals surface area contributed by atoms with Gasteiger partial charge >= 0.3 is 0 Å². The van der Waals surface area contributed by atoms with Crippen LogP contribution in [-0.4, -0.2) is 51.5 Å². The topological polar surface area (TPSA) is 60.2 Å². The van der Waals surface area contributed by atoms with E-state index in [-0.39, 0.29) is 11.2 Å². The quantitative estimate of drug-likeness (QED) is 0.514. The molecule has 1 aromatic heterocycles. The smallest absolute Gasteiger partial charge is 0.235 e. The van der Waals surface area contributed by atoms with Gasteiger partial charge in [-0.1, -0.05) is 35.5 Å². The summed E-state index contributed by atoms with van der Waals surface area (Å²) >= 11 is 7.56. The zero-order chi connectivity index (χ0) is 21.0. The minimum Gasteiger partial charge on any atom is -0.494 e. The fraction of sp³-hybridized carbons (Fsp3) is 0.286. The van der Waals surface area contributed by atoms with Gasteiger partial charge in [-0.3, -0.25) is 9.36 Å². The van der Waals surface area contributed by atoms with Crippen LogP contribution in [0.25, 0.3) is 17.1 Å². The van der Waals surface area contributed by atoms with Gasteiger partial charge in [-0.15, -0.1) is 10.2 Å². The van der Waals surface area contributed by atoms with Crippen LogP contribution in [-0.2, 0) is 4.79 Å². The maximum absolute atomic E-state index is 12.3. The molecule has 0 fully saturated rings. The Bertz CT molecular complexity index is 989. The molecule has 1 atom stereocenters. The summed E-state index contributed by atoms with van der Waals surface area (Å²) < 4.78 is 7.48. The fourth-order valence-corrected chi connectivity index (χ4v) is 4.03. The monoisotopic (exact) mass is 430 g/mol. The predicted octanol–water partition coefficient (Wildman–Crippen LogP) is 4.56. The number of carbonyl (C=O) groups is 1. The highest BCUT2D eigenvalue weighted by Gasteiger charge is 2.23. The van der Waals surface area contributed by atoms with Crippen molar-refractivity contribution in [3.63, 3.8) is 0 Å². The number of hydrogen-bond donors (Lipinski definition) is 0. The van der Waals surface area contributed by atoms with Gasteiger partial charge in [0.2, 0.25) is 5.91 Å². The Hall–Kier alpha value is -2.51. The molecule has 0 spiro atoms. The van der Waals surface area contributed by atoms with Gasteiger partial charge in [0.25, 0.3) is 0 Å². The van der Waals surface area contributed by atoms with Crippen LogP contribution in [0.4, 0.5) is 0 Å². The summed E-state index contributed by atoms with van der Waals surface area (Å²) in [5.41, 5.74) is 1.72. The Kier molecular flexibility index (Phi) is 6.82. The highest BCUT2D eigenvalue weighted by molar-refractivity contribution is 8.00. The van der Waals surface area contributed by atoms with Crippen LogP contribution in [0.1, 0.15) is 13.8 Å². The highest BCUT2D eigenvalue weighted by atomic mass is 35.5. The fourth-order valence-electron chi connectivity index (χ4n) is 2.82. The number of thioether (sulfide) groups is 1. The molecule has 2 aromatic carbocycles. The normalized spacial score (nSPS) is 11.9. The van der Waals surface area contributed by atoms with Crippen LogP contribution >= 0.6 is 23.4 Å². The lowest BCUT2D eigenvalue weighted by molar-refractivity contribution is -0.127. The minimum absolute atomic E-state index is 0.0144. The Labute approximate surface area is 179 Å². The maximum atomic E-state index is 12.3. The van der Waals surface area contributed by atoms with Crippen LogP contribution in [0, 0.1) is 0 Å². The van der Waals surface area contributed by atoms with E-state index in [9.17, 15) is 4.79 Å². The summed E-state index contributed by atoms with van der Waals surface area (Å²) in [5, 5.41) is 9.72. The second kappa shape index (κ2) is 9.33. The van der Waals surface area contributed by atoms with E-state index in [0.29, 0.717) is 22.6 Å². The number of hydrogen-bond acceptors (Lipinski definition) is 5. The van der Waals surface area contributed by atoms with Gasteiger partial charge in [-0.05, 0) is 50.2 Å². The van der Waals surface area contributed by atoms with Gasteiger partial charge in [0.05, 0.1) is 11.9 Å². The van der Waals surface area contributed by atoms with Gasteiger partial charge in [0.1, 0.15) is 5.75 Å². The third-order valence-electron chi connectivity index (χ3n) is 4.19. The van der Waals surface area contributed by atoms with Crippen molar-refractivity contribution in [2.24, 2.45) is 0 Å². The van der Waals surface area contributed by atoms with E-state index in [1.54, 1.807) is 19.0 Å². The highest BCUT2D eigenvalue weighted by Crippen LogP contribution is 2.32. The van der Waals surface area contributed by atoms with Crippen LogP contribution < -0.4 is 4.74 Å². The average molecular weight is 431 g/mol. The third-order valence-corrected chi connectivity index (χ3v) is 5.46. The van der Waals surface area contributed by atoms with E-state index < -0.39 is 0 Å². The van der Waals surface area contributed by atoms with Crippen molar-refractivity contribution in [3.05, 3.63) is 53.6 Å². The first kappa shape index (κ1) is 21.2. The average Bonchev–Trinajstić information content (AvgIpc) is 3.11. The molecule has 0 saturated carbocycles. The van der Waals surface area contributed by atoms with E-state index in [1.807, 2.05) is 66.9 Å². The standard InChI is InChI=1S/C21H23ClN4O2S/c1-5-28-18-11-9-17(10-12-18)26-19(15-7-6-8-16(22)13-15)23-24-21(26)29-14(2)20(27)25(3)4/h6-14H,5H2,1-4H3. The molecular weight excluding hydrogens is 408 g/mol. The second-order valence-corrected chi connectivity index (χ2v) is 8.32. The van der Waals surface area contributed by atoms with Crippen molar-refractivity contribution in [3.8, 4) is 22.8 Å². The molecule has 0 aliphatic rings. The SMILES string of the molecule is CCOc1ccc(-n2c(SC(C)C(=O)N(C)C)nnc2-c2cccc(Cl)c2)cc1. The molecule has 8 heteroatoms. The number of rotatable bonds is 7.